The van der Waals surface area contributed by atoms with Gasteiger partial charge in [-0.2, -0.15) is 0 Å². The zero-order valence-corrected chi connectivity index (χ0v) is 16.8. The van der Waals surface area contributed by atoms with Crippen LogP contribution in [0.4, 0.5) is 0 Å². The van der Waals surface area contributed by atoms with Crippen molar-refractivity contribution in [3.05, 3.63) is 48.0 Å². The number of hydrogen-bond donors (Lipinski definition) is 1. The van der Waals surface area contributed by atoms with Crippen LogP contribution in [-0.2, 0) is 35.2 Å². The fourth-order valence-corrected chi connectivity index (χ4v) is 3.50. The molecule has 2 atom stereocenters. The SMILES string of the molecule is CCOC(=O)C(CCCOCc1ccccc1)(C(=O)OCC)[C@@H]1C=C[C@@H]1C(=O)O. The maximum atomic E-state index is 12.9. The molecule has 2 rings (SSSR count). The van der Waals surface area contributed by atoms with Crippen LogP contribution in [0.15, 0.2) is 42.5 Å². The molecule has 0 aromatic heterocycles. The first-order valence-corrected chi connectivity index (χ1v) is 9.84. The molecule has 1 aliphatic rings. The molecule has 0 heterocycles. The maximum Gasteiger partial charge on any atom is 0.324 e. The molecule has 0 saturated carbocycles. The summed E-state index contributed by atoms with van der Waals surface area (Å²) in [7, 11) is 0. The summed E-state index contributed by atoms with van der Waals surface area (Å²) in [4.78, 5) is 37.3. The van der Waals surface area contributed by atoms with Crippen LogP contribution < -0.4 is 0 Å². The van der Waals surface area contributed by atoms with E-state index in [2.05, 4.69) is 0 Å². The summed E-state index contributed by atoms with van der Waals surface area (Å²) < 4.78 is 16.0. The lowest BCUT2D eigenvalue weighted by molar-refractivity contribution is -0.179. The summed E-state index contributed by atoms with van der Waals surface area (Å²) in [6.07, 6.45) is 3.52. The van der Waals surface area contributed by atoms with Crippen LogP contribution >= 0.6 is 0 Å². The van der Waals surface area contributed by atoms with Gasteiger partial charge in [-0.05, 0) is 32.3 Å². The monoisotopic (exact) mass is 404 g/mol. The Morgan fingerprint density at radius 3 is 2.10 bits per heavy atom. The minimum atomic E-state index is -1.69. The van der Waals surface area contributed by atoms with E-state index < -0.39 is 35.2 Å². The molecule has 0 spiro atoms. The Bertz CT molecular complexity index is 708. The molecule has 0 aliphatic heterocycles. The van der Waals surface area contributed by atoms with E-state index in [0.29, 0.717) is 19.6 Å². The van der Waals surface area contributed by atoms with Gasteiger partial charge < -0.3 is 19.3 Å². The number of carbonyl (C=O) groups is 3. The molecule has 0 unspecified atom stereocenters. The van der Waals surface area contributed by atoms with E-state index in [4.69, 9.17) is 14.2 Å². The second-order valence-corrected chi connectivity index (χ2v) is 6.83. The van der Waals surface area contributed by atoms with Crippen molar-refractivity contribution < 1.29 is 33.7 Å². The van der Waals surface area contributed by atoms with Crippen molar-refractivity contribution in [2.75, 3.05) is 19.8 Å². The van der Waals surface area contributed by atoms with E-state index in [1.807, 2.05) is 30.3 Å². The Morgan fingerprint density at radius 1 is 1.00 bits per heavy atom. The van der Waals surface area contributed by atoms with Crippen LogP contribution in [-0.4, -0.2) is 42.8 Å². The normalized spacial score (nSPS) is 18.0. The fourth-order valence-electron chi connectivity index (χ4n) is 3.50. The van der Waals surface area contributed by atoms with Gasteiger partial charge in [-0.15, -0.1) is 0 Å². The molecular formula is C22H28O7. The second kappa shape index (κ2) is 10.8. The number of ether oxygens (including phenoxy) is 3. The topological polar surface area (TPSA) is 99.1 Å². The lowest BCUT2D eigenvalue weighted by Crippen LogP contribution is -2.53. The number of rotatable bonds is 12. The highest BCUT2D eigenvalue weighted by Gasteiger charge is 2.58. The highest BCUT2D eigenvalue weighted by Crippen LogP contribution is 2.46. The number of carboxylic acid groups (broad SMARTS) is 1. The van der Waals surface area contributed by atoms with Gasteiger partial charge in [0, 0.05) is 12.5 Å². The molecule has 7 heteroatoms. The van der Waals surface area contributed by atoms with E-state index in [1.54, 1.807) is 19.9 Å². The number of esters is 2. The van der Waals surface area contributed by atoms with Crippen molar-refractivity contribution in [2.45, 2.75) is 33.3 Å². The Balaban J connectivity index is 2.13. The molecule has 158 valence electrons. The molecule has 0 amide bonds. The summed E-state index contributed by atoms with van der Waals surface area (Å²) in [6, 6.07) is 9.64. The van der Waals surface area contributed by atoms with Crippen LogP contribution in [0, 0.1) is 17.3 Å². The molecule has 0 saturated heterocycles. The van der Waals surface area contributed by atoms with Crippen LogP contribution in [0.25, 0.3) is 0 Å². The van der Waals surface area contributed by atoms with Crippen LogP contribution in [0.5, 0.6) is 0 Å². The first kappa shape index (κ1) is 22.6. The Morgan fingerprint density at radius 2 is 1.62 bits per heavy atom. The first-order valence-electron chi connectivity index (χ1n) is 9.84. The van der Waals surface area contributed by atoms with Gasteiger partial charge in [0.25, 0.3) is 0 Å². The molecule has 1 N–H and O–H groups in total. The summed E-state index contributed by atoms with van der Waals surface area (Å²) in [5.41, 5.74) is -0.678. The Labute approximate surface area is 170 Å². The maximum absolute atomic E-state index is 12.9. The lowest BCUT2D eigenvalue weighted by Gasteiger charge is -2.40. The lowest BCUT2D eigenvalue weighted by atomic mass is 9.62. The van der Waals surface area contributed by atoms with Gasteiger partial charge >= 0.3 is 17.9 Å². The molecule has 0 bridgehead atoms. The number of aliphatic carboxylic acids is 1. The third kappa shape index (κ3) is 5.23. The van der Waals surface area contributed by atoms with Gasteiger partial charge in [0.2, 0.25) is 0 Å². The van der Waals surface area contributed by atoms with Gasteiger partial charge in [-0.25, -0.2) is 0 Å². The molecule has 1 aromatic rings. The van der Waals surface area contributed by atoms with Gasteiger partial charge in [0.05, 0.1) is 25.7 Å². The number of carbonyl (C=O) groups excluding carboxylic acids is 2. The molecule has 1 aromatic carbocycles. The zero-order valence-electron chi connectivity index (χ0n) is 16.8. The average molecular weight is 404 g/mol. The molecule has 1 aliphatic carbocycles. The van der Waals surface area contributed by atoms with Crippen LogP contribution in [0.3, 0.4) is 0 Å². The van der Waals surface area contributed by atoms with Crippen molar-refractivity contribution in [3.8, 4) is 0 Å². The molecular weight excluding hydrogens is 376 g/mol. The van der Waals surface area contributed by atoms with E-state index >= 15 is 0 Å². The molecule has 29 heavy (non-hydrogen) atoms. The van der Waals surface area contributed by atoms with Crippen molar-refractivity contribution in [1.82, 2.24) is 0 Å². The fraction of sp³-hybridized carbons (Fsp3) is 0.500. The standard InChI is InChI=1S/C22H28O7/c1-3-28-20(25)22(21(26)29-4-2,18-12-11-17(18)19(23)24)13-8-14-27-15-16-9-6-5-7-10-16/h5-7,9-12,17-18H,3-4,8,13-15H2,1-2H3,(H,23,24)/t17-,18+/m0/s1. The van der Waals surface area contributed by atoms with E-state index in [-0.39, 0.29) is 19.6 Å². The Kier molecular flexibility index (Phi) is 8.39. The van der Waals surface area contributed by atoms with Crippen molar-refractivity contribution >= 4 is 17.9 Å². The first-order chi connectivity index (χ1) is 14.0. The van der Waals surface area contributed by atoms with Crippen molar-refractivity contribution in [2.24, 2.45) is 17.3 Å². The van der Waals surface area contributed by atoms with E-state index in [1.165, 1.54) is 6.08 Å². The Hall–Kier alpha value is -2.67. The van der Waals surface area contributed by atoms with Gasteiger partial charge in [0.1, 0.15) is 0 Å². The van der Waals surface area contributed by atoms with E-state index in [9.17, 15) is 19.5 Å². The molecule has 7 nitrogen and oxygen atoms in total. The second-order valence-electron chi connectivity index (χ2n) is 6.83. The predicted octanol–water partition coefficient (Wildman–Crippen LogP) is 2.98. The number of allylic oxidation sites excluding steroid dienone is 1. The summed E-state index contributed by atoms with van der Waals surface area (Å²) in [6.45, 7) is 4.17. The number of benzene rings is 1. The van der Waals surface area contributed by atoms with Crippen LogP contribution in [0.1, 0.15) is 32.3 Å². The van der Waals surface area contributed by atoms with Gasteiger partial charge in [-0.3, -0.25) is 14.4 Å². The van der Waals surface area contributed by atoms with Gasteiger partial charge in [-0.1, -0.05) is 42.5 Å². The third-order valence-electron chi connectivity index (χ3n) is 5.02. The van der Waals surface area contributed by atoms with E-state index in [0.717, 1.165) is 5.56 Å². The predicted molar refractivity (Wildman–Crippen MR) is 105 cm³/mol. The smallest absolute Gasteiger partial charge is 0.324 e. The summed E-state index contributed by atoms with van der Waals surface area (Å²) in [5.74, 6) is -4.33. The highest BCUT2D eigenvalue weighted by atomic mass is 16.6. The summed E-state index contributed by atoms with van der Waals surface area (Å²) >= 11 is 0. The molecule has 0 fully saturated rings. The average Bonchev–Trinajstić information content (AvgIpc) is 2.66. The van der Waals surface area contributed by atoms with Crippen LogP contribution in [0.2, 0.25) is 0 Å². The van der Waals surface area contributed by atoms with Gasteiger partial charge in [0.15, 0.2) is 5.41 Å². The third-order valence-corrected chi connectivity index (χ3v) is 5.02. The largest absolute Gasteiger partial charge is 0.481 e. The number of carboxylic acids is 1. The minimum Gasteiger partial charge on any atom is -0.481 e. The zero-order chi connectivity index (χ0) is 21.3. The highest BCUT2D eigenvalue weighted by molar-refractivity contribution is 6.02. The van der Waals surface area contributed by atoms with Crippen molar-refractivity contribution in [1.29, 1.82) is 0 Å². The quantitative estimate of drug-likeness (QED) is 0.247. The summed E-state index contributed by atoms with van der Waals surface area (Å²) in [5, 5.41) is 9.45. The minimum absolute atomic E-state index is 0.0816. The van der Waals surface area contributed by atoms with Crippen molar-refractivity contribution in [3.63, 3.8) is 0 Å². The number of hydrogen-bond acceptors (Lipinski definition) is 6. The molecule has 0 radical (unpaired) electrons.